The highest BCUT2D eigenvalue weighted by atomic mass is 16.6. The van der Waals surface area contributed by atoms with Crippen LogP contribution in [0.25, 0.3) is 0 Å². The second-order valence-electron chi connectivity index (χ2n) is 9.27. The van der Waals surface area contributed by atoms with E-state index in [0.717, 1.165) is 0 Å². The number of carbonyl (C=O) groups excluding carboxylic acids is 2. The maximum Gasteiger partial charge on any atom is 0.313 e. The summed E-state index contributed by atoms with van der Waals surface area (Å²) in [7, 11) is 0. The Morgan fingerprint density at radius 2 is 1.41 bits per heavy atom. The van der Waals surface area contributed by atoms with Gasteiger partial charge in [0.1, 0.15) is 11.2 Å². The van der Waals surface area contributed by atoms with Crippen molar-refractivity contribution in [2.75, 3.05) is 19.6 Å². The SMILES string of the molecule is C=CCN(CC=C)CC(C)(CC([CH2-])C(=O)OC(C)(C)C)C(=O)OC(C)(C)C. The zero-order chi connectivity index (χ0) is 21.5. The Balaban J connectivity index is 5.55. The molecule has 0 N–H and O–H groups in total. The first-order chi connectivity index (χ1) is 12.1. The Morgan fingerprint density at radius 1 is 0.963 bits per heavy atom. The fraction of sp³-hybridized carbons (Fsp3) is 0.682. The maximum atomic E-state index is 13.0. The van der Waals surface area contributed by atoms with Gasteiger partial charge in [-0.15, -0.1) is 13.2 Å². The molecule has 27 heavy (non-hydrogen) atoms. The van der Waals surface area contributed by atoms with Gasteiger partial charge in [0.25, 0.3) is 5.97 Å². The molecule has 0 bridgehead atoms. The topological polar surface area (TPSA) is 55.8 Å². The highest BCUT2D eigenvalue weighted by Crippen LogP contribution is 2.32. The molecule has 156 valence electrons. The smallest absolute Gasteiger partial charge is 0.313 e. The van der Waals surface area contributed by atoms with Crippen LogP contribution in [0, 0.1) is 18.3 Å². The summed E-state index contributed by atoms with van der Waals surface area (Å²) in [5.74, 6) is -1.46. The van der Waals surface area contributed by atoms with Crippen molar-refractivity contribution in [3.05, 3.63) is 32.2 Å². The average molecular weight is 381 g/mol. The fourth-order valence-electron chi connectivity index (χ4n) is 2.69. The molecule has 0 aliphatic heterocycles. The molecule has 0 fully saturated rings. The Bertz CT molecular complexity index is 517. The first kappa shape index (κ1) is 25.4. The number of carbonyl (C=O) groups is 2. The van der Waals surface area contributed by atoms with Gasteiger partial charge in [0.2, 0.25) is 0 Å². The van der Waals surface area contributed by atoms with Crippen molar-refractivity contribution in [3.63, 3.8) is 0 Å². The van der Waals surface area contributed by atoms with Gasteiger partial charge in [-0.3, -0.25) is 14.5 Å². The summed E-state index contributed by atoms with van der Waals surface area (Å²) < 4.78 is 11.1. The molecule has 0 aromatic carbocycles. The van der Waals surface area contributed by atoms with E-state index in [2.05, 4.69) is 20.1 Å². The third kappa shape index (κ3) is 10.3. The Morgan fingerprint density at radius 3 is 1.78 bits per heavy atom. The first-order valence-corrected chi connectivity index (χ1v) is 9.37. The minimum Gasteiger partial charge on any atom is -0.462 e. The van der Waals surface area contributed by atoms with Crippen LogP contribution in [0.4, 0.5) is 0 Å². The molecule has 0 aromatic rings. The van der Waals surface area contributed by atoms with E-state index in [1.165, 1.54) is 0 Å². The molecule has 0 rings (SSSR count). The highest BCUT2D eigenvalue weighted by Gasteiger charge is 2.40. The van der Waals surface area contributed by atoms with Crippen molar-refractivity contribution >= 4 is 11.9 Å². The molecule has 0 aliphatic carbocycles. The highest BCUT2D eigenvalue weighted by molar-refractivity contribution is 5.79. The van der Waals surface area contributed by atoms with Crippen molar-refractivity contribution in [1.29, 1.82) is 0 Å². The predicted octanol–water partition coefficient (Wildman–Crippen LogP) is 4.19. The molecular formula is C22H38NO4-. The lowest BCUT2D eigenvalue weighted by atomic mass is 9.80. The lowest BCUT2D eigenvalue weighted by Crippen LogP contribution is -2.46. The predicted molar refractivity (Wildman–Crippen MR) is 110 cm³/mol. The number of hydrogen-bond donors (Lipinski definition) is 0. The van der Waals surface area contributed by atoms with Crippen molar-refractivity contribution in [1.82, 2.24) is 4.90 Å². The monoisotopic (exact) mass is 380 g/mol. The zero-order valence-corrected chi connectivity index (χ0v) is 18.3. The fourth-order valence-corrected chi connectivity index (χ4v) is 2.69. The second-order valence-corrected chi connectivity index (χ2v) is 9.27. The summed E-state index contributed by atoms with van der Waals surface area (Å²) in [4.78, 5) is 27.4. The maximum absolute atomic E-state index is 13.0. The van der Waals surface area contributed by atoms with E-state index >= 15 is 0 Å². The molecule has 0 amide bonds. The number of esters is 2. The largest absolute Gasteiger partial charge is 0.462 e. The Hall–Kier alpha value is -1.62. The summed E-state index contributed by atoms with van der Waals surface area (Å²) in [6.45, 7) is 25.8. The van der Waals surface area contributed by atoms with Gasteiger partial charge in [0.15, 0.2) is 0 Å². The van der Waals surface area contributed by atoms with Crippen molar-refractivity contribution < 1.29 is 19.1 Å². The summed E-state index contributed by atoms with van der Waals surface area (Å²) in [5, 5.41) is 0. The lowest BCUT2D eigenvalue weighted by molar-refractivity contribution is -0.170. The standard InChI is InChI=1S/C22H38NO4/c1-11-13-23(14-12-2)16-22(10,19(25)27-21(7,8)9)15-17(3)18(24)26-20(4,5)6/h11-12,17H,1-3,13-16H2,4-10H3/q-1. The van der Waals surface area contributed by atoms with Gasteiger partial charge in [-0.1, -0.05) is 24.5 Å². The number of ether oxygens (including phenoxy) is 2. The lowest BCUT2D eigenvalue weighted by Gasteiger charge is -2.38. The van der Waals surface area contributed by atoms with Crippen molar-refractivity contribution in [2.24, 2.45) is 11.3 Å². The minimum atomic E-state index is -0.928. The molecular weight excluding hydrogens is 342 g/mol. The molecule has 2 atom stereocenters. The second kappa shape index (κ2) is 10.1. The van der Waals surface area contributed by atoms with Crippen LogP contribution in [0.1, 0.15) is 54.9 Å². The quantitative estimate of drug-likeness (QED) is 0.323. The first-order valence-electron chi connectivity index (χ1n) is 9.37. The summed E-state index contributed by atoms with van der Waals surface area (Å²) in [6.07, 6.45) is 3.77. The third-order valence-electron chi connectivity index (χ3n) is 3.68. The van der Waals surface area contributed by atoms with E-state index in [1.54, 1.807) is 32.9 Å². The Kier molecular flexibility index (Phi) is 9.47. The molecule has 0 saturated heterocycles. The van der Waals surface area contributed by atoms with E-state index in [9.17, 15) is 9.59 Å². The summed E-state index contributed by atoms with van der Waals surface area (Å²) in [6, 6.07) is 0. The molecule has 0 radical (unpaired) electrons. The van der Waals surface area contributed by atoms with E-state index < -0.39 is 28.5 Å². The van der Waals surface area contributed by atoms with Gasteiger partial charge < -0.3 is 16.4 Å². The third-order valence-corrected chi connectivity index (χ3v) is 3.68. The molecule has 0 heterocycles. The van der Waals surface area contributed by atoms with E-state index in [0.29, 0.717) is 19.6 Å². The van der Waals surface area contributed by atoms with Crippen LogP contribution in [0.5, 0.6) is 0 Å². The van der Waals surface area contributed by atoms with Crippen LogP contribution in [-0.2, 0) is 19.1 Å². The minimum absolute atomic E-state index is 0.224. The number of nitrogens with zero attached hydrogens (tertiary/aromatic N) is 1. The van der Waals surface area contributed by atoms with Gasteiger partial charge >= 0.3 is 5.97 Å². The van der Waals surface area contributed by atoms with Crippen LogP contribution >= 0.6 is 0 Å². The van der Waals surface area contributed by atoms with Crippen molar-refractivity contribution in [2.45, 2.75) is 66.1 Å². The molecule has 2 unspecified atom stereocenters. The van der Waals surface area contributed by atoms with Crippen LogP contribution < -0.4 is 0 Å². The number of hydrogen-bond acceptors (Lipinski definition) is 5. The van der Waals surface area contributed by atoms with Crippen LogP contribution in [-0.4, -0.2) is 47.7 Å². The van der Waals surface area contributed by atoms with Gasteiger partial charge in [-0.05, 0) is 48.5 Å². The molecule has 5 heteroatoms. The van der Waals surface area contributed by atoms with Gasteiger partial charge in [-0.2, -0.15) is 0 Å². The average Bonchev–Trinajstić information content (AvgIpc) is 2.43. The van der Waals surface area contributed by atoms with E-state index in [1.807, 2.05) is 32.6 Å². The van der Waals surface area contributed by atoms with Crippen LogP contribution in [0.3, 0.4) is 0 Å². The van der Waals surface area contributed by atoms with Gasteiger partial charge in [-0.25, -0.2) is 0 Å². The molecule has 0 spiro atoms. The van der Waals surface area contributed by atoms with Crippen LogP contribution in [0.15, 0.2) is 25.3 Å². The summed E-state index contributed by atoms with van der Waals surface area (Å²) >= 11 is 0. The van der Waals surface area contributed by atoms with Crippen molar-refractivity contribution in [3.8, 4) is 0 Å². The van der Waals surface area contributed by atoms with E-state index in [-0.39, 0.29) is 12.4 Å². The molecule has 0 aromatic heterocycles. The summed E-state index contributed by atoms with van der Waals surface area (Å²) in [5.41, 5.74) is -2.15. The zero-order valence-electron chi connectivity index (χ0n) is 18.3. The van der Waals surface area contributed by atoms with Gasteiger partial charge in [0, 0.05) is 19.6 Å². The van der Waals surface area contributed by atoms with Crippen LogP contribution in [0.2, 0.25) is 0 Å². The molecule has 0 saturated carbocycles. The number of rotatable bonds is 10. The van der Waals surface area contributed by atoms with Gasteiger partial charge in [0.05, 0.1) is 5.41 Å². The normalized spacial score (nSPS) is 15.6. The Labute approximate surface area is 165 Å². The molecule has 0 aliphatic rings. The molecule has 5 nitrogen and oxygen atoms in total. The van der Waals surface area contributed by atoms with E-state index in [4.69, 9.17) is 9.47 Å².